The van der Waals surface area contributed by atoms with Crippen molar-refractivity contribution < 1.29 is 58.9 Å². The molecule has 0 aliphatic heterocycles. The first kappa shape index (κ1) is 17.3. The Labute approximate surface area is 465 Å². The highest BCUT2D eigenvalue weighted by Crippen LogP contribution is 2.62. The van der Waals surface area contributed by atoms with E-state index < -0.39 is 229 Å². The van der Waals surface area contributed by atoms with Gasteiger partial charge in [0.2, 0.25) is 0 Å². The highest BCUT2D eigenvalue weighted by Gasteiger charge is 2.51. The molecule has 11 aromatic rings. The van der Waals surface area contributed by atoms with Crippen molar-refractivity contribution in [2.45, 2.75) is 47.0 Å². The number of rotatable bonds is 2. The van der Waals surface area contributed by atoms with E-state index in [2.05, 4.69) is 0 Å². The van der Waals surface area contributed by atoms with Crippen LogP contribution in [-0.4, -0.2) is 4.57 Å². The summed E-state index contributed by atoms with van der Waals surface area (Å²) in [5.74, 6) is 0. The van der Waals surface area contributed by atoms with Crippen molar-refractivity contribution in [2.75, 3.05) is 0 Å². The maximum Gasteiger partial charge on any atom is 0.0725 e. The fraction of sp³-hybridized carbons (Fsp3) is 0.104. The molecule has 1 nitrogen and oxygen atoms in total. The van der Waals surface area contributed by atoms with E-state index in [4.69, 9.17) is 58.9 Å². The van der Waals surface area contributed by atoms with Crippen LogP contribution in [0.2, 0.25) is 0 Å². The van der Waals surface area contributed by atoms with E-state index in [1.54, 1.807) is 0 Å². The average Bonchev–Trinajstić information content (AvgIpc) is 1.48. The molecule has 0 radical (unpaired) electrons. The summed E-state index contributed by atoms with van der Waals surface area (Å²) in [7, 11) is 0. The molecule has 1 heteroatoms. The lowest BCUT2D eigenvalue weighted by Gasteiger charge is -2.30. The molecule has 2 aliphatic carbocycles. The van der Waals surface area contributed by atoms with Crippen molar-refractivity contribution in [1.29, 1.82) is 0 Å². The van der Waals surface area contributed by atoms with Crippen molar-refractivity contribution in [1.82, 2.24) is 4.57 Å². The first-order valence-corrected chi connectivity index (χ1v) is 20.7. The summed E-state index contributed by atoms with van der Waals surface area (Å²) in [6.07, 6.45) is 0. The van der Waals surface area contributed by atoms with Gasteiger partial charge in [-0.05, 0) is 93.7 Å². The van der Waals surface area contributed by atoms with E-state index in [-0.39, 0.29) is 125 Å². The molecule has 0 amide bonds. The maximum absolute atomic E-state index is 8.96. The largest absolute Gasteiger partial charge is 0.309 e. The van der Waals surface area contributed by atoms with E-state index in [0.29, 0.717) is 5.56 Å². The lowest BCUT2D eigenvalue weighted by molar-refractivity contribution is 0.794. The molecule has 2 aliphatic rings. The van der Waals surface area contributed by atoms with Gasteiger partial charge in [0.05, 0.1) is 75.4 Å². The average molecular weight is 923 g/mol. The predicted octanol–water partition coefficient (Wildman–Crippen LogP) is 18.5. The van der Waals surface area contributed by atoms with Crippen LogP contribution in [-0.2, 0) is 5.41 Å². The number of para-hydroxylation sites is 3. The van der Waals surface area contributed by atoms with E-state index in [1.165, 1.54) is 13.8 Å². The molecular formula is C67H61N. The van der Waals surface area contributed by atoms with Gasteiger partial charge in [0, 0.05) is 16.5 Å². The van der Waals surface area contributed by atoms with Gasteiger partial charge < -0.3 is 4.57 Å². The molecule has 13 rings (SSSR count). The Morgan fingerprint density at radius 3 is 1.00 bits per heavy atom. The van der Waals surface area contributed by atoms with Gasteiger partial charge in [-0.25, -0.2) is 0 Å². The zero-order valence-electron chi connectivity index (χ0n) is 79.9. The third-order valence-corrected chi connectivity index (χ3v) is 9.62. The lowest BCUT2D eigenvalue weighted by Crippen LogP contribution is -2.25. The molecule has 1 spiro atoms. The molecule has 0 unspecified atom stereocenters. The molecule has 68 heavy (non-hydrogen) atoms. The minimum absolute atomic E-state index is 0.124. The van der Waals surface area contributed by atoms with Crippen molar-refractivity contribution >= 4 is 21.8 Å². The normalized spacial score (nSPS) is 20.4. The first-order valence-electron chi connectivity index (χ1n) is 42.2. The van der Waals surface area contributed by atoms with Crippen LogP contribution >= 0.6 is 0 Å². The molecule has 1 aromatic heterocycles. The number of nitrogens with zero attached hydrogens (tertiary/aromatic N) is 1. The number of hydrogen-bond acceptors (Lipinski definition) is 0. The Balaban J connectivity index is 0.000000196. The lowest BCUT2D eigenvalue weighted by atomic mass is 9.70. The molecule has 0 bridgehead atoms. The molecule has 0 saturated heterocycles. The Morgan fingerprint density at radius 2 is 0.588 bits per heavy atom. The van der Waals surface area contributed by atoms with Gasteiger partial charge in [-0.1, -0.05) is 274 Å². The van der Waals surface area contributed by atoms with Gasteiger partial charge in [-0.15, -0.1) is 0 Å². The second-order valence-corrected chi connectivity index (χ2v) is 13.3. The number of hydrogen-bond donors (Lipinski definition) is 0. The molecule has 0 fully saturated rings. The first-order chi connectivity index (χ1) is 51.5. The number of benzene rings is 10. The summed E-state index contributed by atoms with van der Waals surface area (Å²) in [6, 6.07) is -25.1. The third-order valence-electron chi connectivity index (χ3n) is 9.62. The summed E-state index contributed by atoms with van der Waals surface area (Å²) in [5, 5.41) is -0.463. The molecule has 0 saturated carbocycles. The van der Waals surface area contributed by atoms with Gasteiger partial charge >= 0.3 is 0 Å². The maximum atomic E-state index is 8.96. The van der Waals surface area contributed by atoms with Crippen LogP contribution in [0, 0.1) is 13.8 Å². The molecular weight excluding hydrogens is 819 g/mol. The van der Waals surface area contributed by atoms with Crippen LogP contribution in [0.25, 0.3) is 60.9 Å². The Kier molecular flexibility index (Phi) is 5.58. The minimum atomic E-state index is -2.37. The zero-order chi connectivity index (χ0) is 84.7. The van der Waals surface area contributed by atoms with E-state index in [1.807, 2.05) is 27.7 Å². The summed E-state index contributed by atoms with van der Waals surface area (Å²) in [4.78, 5) is 0. The fourth-order valence-corrected chi connectivity index (χ4v) is 7.06. The van der Waals surface area contributed by atoms with Crippen molar-refractivity contribution in [3.63, 3.8) is 0 Å². The topological polar surface area (TPSA) is 4.93 Å². The quantitative estimate of drug-likeness (QED) is 0.163. The van der Waals surface area contributed by atoms with E-state index >= 15 is 0 Å². The molecule has 0 N–H and O–H groups in total. The highest BCUT2D eigenvalue weighted by atomic mass is 15.0. The Morgan fingerprint density at radius 1 is 0.294 bits per heavy atom. The monoisotopic (exact) mass is 923 g/mol. The summed E-state index contributed by atoms with van der Waals surface area (Å²) >= 11 is 0. The van der Waals surface area contributed by atoms with Crippen molar-refractivity contribution in [3.8, 4) is 39.1 Å². The fourth-order valence-electron chi connectivity index (χ4n) is 7.06. The highest BCUT2D eigenvalue weighted by molar-refractivity contribution is 6.09. The van der Waals surface area contributed by atoms with Crippen molar-refractivity contribution in [2.24, 2.45) is 0 Å². The Hall–Kier alpha value is -8.00. The molecule has 334 valence electrons. The van der Waals surface area contributed by atoms with Gasteiger partial charge in [-0.3, -0.25) is 0 Å². The van der Waals surface area contributed by atoms with Gasteiger partial charge in [0.25, 0.3) is 0 Å². The summed E-state index contributed by atoms with van der Waals surface area (Å²) in [5.41, 5.74) is -6.47. The second kappa shape index (κ2) is 22.0. The van der Waals surface area contributed by atoms with Crippen LogP contribution in [0.5, 0.6) is 0 Å². The summed E-state index contributed by atoms with van der Waals surface area (Å²) in [6.45, 7) is 11.0. The van der Waals surface area contributed by atoms with Crippen LogP contribution in [0.3, 0.4) is 0 Å². The molecule has 10 aromatic carbocycles. The van der Waals surface area contributed by atoms with Crippen LogP contribution in [0.4, 0.5) is 0 Å². The number of aromatic nitrogens is 1. The van der Waals surface area contributed by atoms with E-state index in [0.717, 1.165) is 4.57 Å². The molecule has 1 heterocycles. The third kappa shape index (κ3) is 9.09. The number of fused-ring (bicyclic) bond motifs is 13. The van der Waals surface area contributed by atoms with Crippen molar-refractivity contribution in [3.05, 3.63) is 293 Å². The van der Waals surface area contributed by atoms with Gasteiger partial charge in [-0.2, -0.15) is 0 Å². The van der Waals surface area contributed by atoms with Gasteiger partial charge in [0.1, 0.15) is 0 Å². The predicted molar refractivity (Wildman–Crippen MR) is 294 cm³/mol. The van der Waals surface area contributed by atoms with Gasteiger partial charge in [0.15, 0.2) is 0 Å². The summed E-state index contributed by atoms with van der Waals surface area (Å²) < 4.78 is 351. The van der Waals surface area contributed by atoms with E-state index in [9.17, 15) is 0 Å². The minimum Gasteiger partial charge on any atom is -0.309 e. The van der Waals surface area contributed by atoms with Crippen LogP contribution in [0.1, 0.15) is 120 Å². The van der Waals surface area contributed by atoms with Crippen LogP contribution in [0.15, 0.2) is 260 Å². The smallest absolute Gasteiger partial charge is 0.0725 e. The Bertz CT molecular complexity index is 5280. The molecule has 0 atom stereocenters. The SMILES string of the molecule is CC.CC.[2H]c1c([2H])c([2H])c(-c2c([2H])c([2H])c(C)c([2H])c2[2H])c([2H])c1[2H].[2H]c1c([2H])c([2H])c(-n2c3c([2H])c([2H])c([2H])c([2H])c3c3c([2H])c([2H])c([2H])c([2H])c32)c([2H])c1[2H].[2H]c1c([2H])c([2H])c(C)c([2H])c1[2H].[2H]c1c([2H])c([2H])c2c(c1[2H])-c1c([2H])c([2H])c([2H])c([2H])c1C21c2c([2H])c([2H])c([2H])c([2H])c2-c2c([2H])c([2H])c([2H])c([2H])c21. The second-order valence-electron chi connectivity index (χ2n) is 13.3. The zero-order valence-corrected chi connectivity index (χ0v) is 36.9. The van der Waals surface area contributed by atoms with Crippen LogP contribution < -0.4 is 0 Å². The standard InChI is InChI=1S/C25H16.C18H13N.C13H12.C7H8.2C2H6/c1-5-13-21-17(9-1)18-10-2-6-14-22(18)25(21)23-15-7-3-11-19(23)20-12-4-8-16-24(20)25;1-2-8-14(9-3-1)19-17-12-6-4-10-15(17)16-11-5-7-13-18(16)19;1-11-7-9-13(10-8-11)12-5-3-2-4-6-12;1-7-5-3-2-4-6-7;2*1-2/h1-16H;1-13H;2-10H,1H3;2-6H,1H3;2*1-2H3/i1D,2D,3D,4D,5D,6D,7D,8D,9D,10D,11D,12D,13D,14D,15D,16D;1D,2D,3D,4D,5D,6D,7D,8D,9D,10D,11D,12D,13D;2D,3D,4D,5D,6D,7D,8D,9D,10D;2D,3D,4D,5D,6D;;.